The molecule has 4 aromatic carbocycles. The average molecular weight is 515 g/mol. The smallest absolute Gasteiger partial charge is 0.379 e. The van der Waals surface area contributed by atoms with E-state index in [0.29, 0.717) is 34.0 Å². The van der Waals surface area contributed by atoms with Crippen LogP contribution in [0.4, 0.5) is 0 Å². The maximum absolute atomic E-state index is 13.0. The van der Waals surface area contributed by atoms with Crippen LogP contribution in [0, 0.1) is 18.3 Å². The molecule has 0 bridgehead atoms. The number of nitriles is 1. The average Bonchev–Trinajstić information content (AvgIpc) is 3.29. The number of allylic oxidation sites excluding steroid dienone is 1. The van der Waals surface area contributed by atoms with Gasteiger partial charge in [0.1, 0.15) is 40.2 Å². The third kappa shape index (κ3) is 4.45. The van der Waals surface area contributed by atoms with Gasteiger partial charge >= 0.3 is 5.97 Å². The molecule has 1 unspecified atom stereocenters. The van der Waals surface area contributed by atoms with Gasteiger partial charge in [0, 0.05) is 22.6 Å². The fourth-order valence-electron chi connectivity index (χ4n) is 4.75. The van der Waals surface area contributed by atoms with E-state index >= 15 is 0 Å². The summed E-state index contributed by atoms with van der Waals surface area (Å²) in [4.78, 5) is 13.0. The fourth-order valence-corrected chi connectivity index (χ4v) is 4.75. The zero-order valence-electron chi connectivity index (χ0n) is 20.9. The van der Waals surface area contributed by atoms with E-state index in [-0.39, 0.29) is 23.0 Å². The van der Waals surface area contributed by atoms with Crippen LogP contribution in [0.2, 0.25) is 0 Å². The maximum atomic E-state index is 13.0. The molecule has 0 radical (unpaired) electrons. The SMILES string of the molecule is Cc1c(C(=O)Oc2ccc3c(c2)OC(N)=C(C#N)C3c2cccc(Oc3ccccc3)c2)oc2ccccc12. The number of para-hydroxylation sites is 2. The molecule has 1 aliphatic heterocycles. The molecule has 1 aliphatic rings. The van der Waals surface area contributed by atoms with Crippen LogP contribution < -0.4 is 19.9 Å². The van der Waals surface area contributed by atoms with E-state index in [1.807, 2.05) is 79.7 Å². The molecule has 0 aliphatic carbocycles. The number of nitrogens with two attached hydrogens (primary N) is 1. The molecule has 0 amide bonds. The van der Waals surface area contributed by atoms with Crippen molar-refractivity contribution in [1.29, 1.82) is 5.26 Å². The molecule has 7 nitrogen and oxygen atoms in total. The first-order chi connectivity index (χ1) is 19.0. The van der Waals surface area contributed by atoms with Crippen LogP contribution in [0.25, 0.3) is 11.0 Å². The Morgan fingerprint density at radius 1 is 0.897 bits per heavy atom. The monoisotopic (exact) mass is 514 g/mol. The minimum atomic E-state index is -0.622. The number of carbonyl (C=O) groups excluding carboxylic acids is 1. The summed E-state index contributed by atoms with van der Waals surface area (Å²) in [5.74, 6) is 0.959. The summed E-state index contributed by atoms with van der Waals surface area (Å²) < 4.78 is 23.2. The standard InChI is InChI=1S/C32H22N2O5/c1-19-24-12-5-6-13-27(24)38-30(19)32(35)37-23-14-15-25-28(17-23)39-31(34)26(18-33)29(25)20-8-7-11-22(16-20)36-21-9-3-2-4-10-21/h2-17,29H,34H2,1H3. The van der Waals surface area contributed by atoms with E-state index in [2.05, 4.69) is 6.07 Å². The molecule has 7 heteroatoms. The molecule has 0 saturated heterocycles. The maximum Gasteiger partial charge on any atom is 0.379 e. The van der Waals surface area contributed by atoms with Crippen LogP contribution in [0.1, 0.15) is 33.2 Å². The minimum Gasteiger partial charge on any atom is -0.457 e. The van der Waals surface area contributed by atoms with Gasteiger partial charge in [-0.15, -0.1) is 0 Å². The molecule has 5 aromatic rings. The Hall–Kier alpha value is -5.48. The Bertz CT molecular complexity index is 1800. The Kier molecular flexibility index (Phi) is 5.98. The summed E-state index contributed by atoms with van der Waals surface area (Å²) in [6.45, 7) is 1.81. The summed E-state index contributed by atoms with van der Waals surface area (Å²) in [6.07, 6.45) is 0. The number of hydrogen-bond acceptors (Lipinski definition) is 7. The number of hydrogen-bond donors (Lipinski definition) is 1. The first kappa shape index (κ1) is 23.9. The van der Waals surface area contributed by atoms with Crippen molar-refractivity contribution in [2.45, 2.75) is 12.8 Å². The van der Waals surface area contributed by atoms with Crippen LogP contribution in [0.3, 0.4) is 0 Å². The van der Waals surface area contributed by atoms with Crippen molar-refractivity contribution in [3.63, 3.8) is 0 Å². The van der Waals surface area contributed by atoms with Crippen LogP contribution in [-0.2, 0) is 0 Å². The number of nitrogens with zero attached hydrogens (tertiary/aromatic N) is 1. The Morgan fingerprint density at radius 2 is 1.67 bits per heavy atom. The Morgan fingerprint density at radius 3 is 2.46 bits per heavy atom. The van der Waals surface area contributed by atoms with Crippen molar-refractivity contribution in [3.8, 4) is 29.1 Å². The normalized spacial score (nSPS) is 14.3. The van der Waals surface area contributed by atoms with Crippen molar-refractivity contribution in [2.75, 3.05) is 0 Å². The van der Waals surface area contributed by atoms with E-state index in [1.165, 1.54) is 0 Å². The summed E-state index contributed by atoms with van der Waals surface area (Å²) in [5, 5.41) is 10.8. The summed E-state index contributed by atoms with van der Waals surface area (Å²) in [5.41, 5.74) is 9.28. The van der Waals surface area contributed by atoms with E-state index in [0.717, 1.165) is 10.9 Å². The van der Waals surface area contributed by atoms with Gasteiger partial charge in [-0.2, -0.15) is 5.26 Å². The molecule has 1 atom stereocenters. The first-order valence-electron chi connectivity index (χ1n) is 12.3. The zero-order chi connectivity index (χ0) is 26.9. The largest absolute Gasteiger partial charge is 0.457 e. The Balaban J connectivity index is 1.32. The van der Waals surface area contributed by atoms with Crippen LogP contribution >= 0.6 is 0 Å². The lowest BCUT2D eigenvalue weighted by atomic mass is 9.83. The highest BCUT2D eigenvalue weighted by molar-refractivity contribution is 5.96. The number of rotatable bonds is 5. The predicted octanol–water partition coefficient (Wildman–Crippen LogP) is 6.97. The molecule has 1 aromatic heterocycles. The van der Waals surface area contributed by atoms with Crippen LogP contribution in [-0.4, -0.2) is 5.97 Å². The van der Waals surface area contributed by atoms with Gasteiger partial charge in [-0.1, -0.05) is 54.6 Å². The number of benzene rings is 4. The second kappa shape index (κ2) is 9.77. The molecule has 39 heavy (non-hydrogen) atoms. The number of carbonyl (C=O) groups is 1. The van der Waals surface area contributed by atoms with Gasteiger partial charge in [-0.25, -0.2) is 4.79 Å². The van der Waals surface area contributed by atoms with Gasteiger partial charge < -0.3 is 24.4 Å². The van der Waals surface area contributed by atoms with Gasteiger partial charge in [0.05, 0.1) is 5.92 Å². The highest BCUT2D eigenvalue weighted by Gasteiger charge is 2.31. The number of ether oxygens (including phenoxy) is 3. The first-order valence-corrected chi connectivity index (χ1v) is 12.3. The molecule has 0 fully saturated rings. The lowest BCUT2D eigenvalue weighted by Crippen LogP contribution is -2.21. The number of aryl methyl sites for hydroxylation is 1. The second-order valence-electron chi connectivity index (χ2n) is 9.05. The topological polar surface area (TPSA) is 108 Å². The molecule has 6 rings (SSSR count). The van der Waals surface area contributed by atoms with Crippen molar-refractivity contribution in [2.24, 2.45) is 5.73 Å². The van der Waals surface area contributed by atoms with Crippen molar-refractivity contribution >= 4 is 16.9 Å². The lowest BCUT2D eigenvalue weighted by Gasteiger charge is -2.27. The number of furan rings is 1. The number of esters is 1. The van der Waals surface area contributed by atoms with E-state index in [9.17, 15) is 10.1 Å². The molecule has 2 N–H and O–H groups in total. The third-order valence-electron chi connectivity index (χ3n) is 6.60. The van der Waals surface area contributed by atoms with E-state index in [4.69, 9.17) is 24.4 Å². The molecule has 0 spiro atoms. The van der Waals surface area contributed by atoms with Gasteiger partial charge in [-0.05, 0) is 48.9 Å². The quantitative estimate of drug-likeness (QED) is 0.199. The highest BCUT2D eigenvalue weighted by Crippen LogP contribution is 2.44. The molecule has 190 valence electrons. The van der Waals surface area contributed by atoms with Gasteiger partial charge in [0.2, 0.25) is 11.6 Å². The Labute approximate surface area is 224 Å². The minimum absolute atomic E-state index is 0.0130. The summed E-state index contributed by atoms with van der Waals surface area (Å²) >= 11 is 0. The second-order valence-corrected chi connectivity index (χ2v) is 9.05. The van der Waals surface area contributed by atoms with Gasteiger partial charge in [0.25, 0.3) is 0 Å². The number of fused-ring (bicyclic) bond motifs is 2. The van der Waals surface area contributed by atoms with Crippen molar-refractivity contribution in [1.82, 2.24) is 0 Å². The zero-order valence-corrected chi connectivity index (χ0v) is 20.9. The third-order valence-corrected chi connectivity index (χ3v) is 6.60. The lowest BCUT2D eigenvalue weighted by molar-refractivity contribution is 0.0702. The molecule has 2 heterocycles. The van der Waals surface area contributed by atoms with E-state index in [1.54, 1.807) is 24.3 Å². The molecule has 0 saturated carbocycles. The van der Waals surface area contributed by atoms with E-state index < -0.39 is 11.9 Å². The van der Waals surface area contributed by atoms with Crippen LogP contribution in [0.5, 0.6) is 23.0 Å². The molecular formula is C32H22N2O5. The van der Waals surface area contributed by atoms with Crippen LogP contribution in [0.15, 0.2) is 113 Å². The van der Waals surface area contributed by atoms with Gasteiger partial charge in [-0.3, -0.25) is 0 Å². The predicted molar refractivity (Wildman–Crippen MR) is 145 cm³/mol. The highest BCUT2D eigenvalue weighted by atomic mass is 16.5. The summed E-state index contributed by atoms with van der Waals surface area (Å²) in [6, 6.07) is 31.5. The summed E-state index contributed by atoms with van der Waals surface area (Å²) in [7, 11) is 0. The fraction of sp³-hybridized carbons (Fsp3) is 0.0625. The van der Waals surface area contributed by atoms with Crippen molar-refractivity contribution < 1.29 is 23.4 Å². The van der Waals surface area contributed by atoms with Gasteiger partial charge in [0.15, 0.2) is 0 Å². The molecular weight excluding hydrogens is 492 g/mol. The van der Waals surface area contributed by atoms with Crippen molar-refractivity contribution in [3.05, 3.63) is 131 Å².